The lowest BCUT2D eigenvalue weighted by molar-refractivity contribution is 0.0696. The molecular weight excluding hydrogens is 318 g/mol. The van der Waals surface area contributed by atoms with E-state index in [1.165, 1.54) is 26.0 Å². The van der Waals surface area contributed by atoms with Crippen molar-refractivity contribution in [2.75, 3.05) is 0 Å². The maximum Gasteiger partial charge on any atom is 0.335 e. The van der Waals surface area contributed by atoms with Gasteiger partial charge in [0, 0.05) is 11.1 Å². The van der Waals surface area contributed by atoms with Gasteiger partial charge in [-0.1, -0.05) is 0 Å². The minimum Gasteiger partial charge on any atom is -0.478 e. The van der Waals surface area contributed by atoms with E-state index >= 15 is 0 Å². The van der Waals surface area contributed by atoms with E-state index in [-0.39, 0.29) is 17.1 Å². The summed E-state index contributed by atoms with van der Waals surface area (Å²) < 4.78 is 0. The molecule has 0 spiro atoms. The molecule has 2 aromatic carbocycles. The fourth-order valence-corrected chi connectivity index (χ4v) is 2.16. The summed E-state index contributed by atoms with van der Waals surface area (Å²) in [7, 11) is 0. The Labute approximate surface area is 146 Å². The molecule has 0 fully saturated rings. The zero-order valence-corrected chi connectivity index (χ0v) is 14.6. The molecule has 0 heterocycles. The third kappa shape index (κ3) is 6.04. The summed E-state index contributed by atoms with van der Waals surface area (Å²) in [6.07, 6.45) is 0. The van der Waals surface area contributed by atoms with Gasteiger partial charge < -0.3 is 5.11 Å². The van der Waals surface area contributed by atoms with Crippen LogP contribution < -0.4 is 0 Å². The summed E-state index contributed by atoms with van der Waals surface area (Å²) in [5, 5.41) is 17.3. The van der Waals surface area contributed by atoms with E-state index in [9.17, 15) is 14.4 Å². The number of carbonyl (C=O) groups is 3. The number of nitriles is 1. The predicted octanol–water partition coefficient (Wildman–Crippen LogP) is 3.97. The number of hydrogen-bond donors (Lipinski definition) is 1. The molecule has 128 valence electrons. The van der Waals surface area contributed by atoms with Crippen LogP contribution in [-0.4, -0.2) is 22.6 Å². The predicted molar refractivity (Wildman–Crippen MR) is 94.0 cm³/mol. The first-order valence-corrected chi connectivity index (χ1v) is 7.52. The minimum absolute atomic E-state index is 0.00444. The molecule has 0 saturated carbocycles. The fraction of sp³-hybridized carbons (Fsp3) is 0.200. The molecule has 0 aliphatic rings. The lowest BCUT2D eigenvalue weighted by atomic mass is 10.0. The molecule has 0 aliphatic carbocycles. The quantitative estimate of drug-likeness (QED) is 0.855. The zero-order chi connectivity index (χ0) is 19.1. The molecule has 0 unspecified atom stereocenters. The van der Waals surface area contributed by atoms with E-state index < -0.39 is 5.97 Å². The average Bonchev–Trinajstić information content (AvgIpc) is 2.54. The van der Waals surface area contributed by atoms with Gasteiger partial charge in [0.2, 0.25) is 0 Å². The summed E-state index contributed by atoms with van der Waals surface area (Å²) in [5.41, 5.74) is 3.47. The van der Waals surface area contributed by atoms with Crippen LogP contribution >= 0.6 is 0 Å². The third-order valence-corrected chi connectivity index (χ3v) is 3.34. The molecule has 1 N–H and O–H groups in total. The molecule has 5 heteroatoms. The Morgan fingerprint density at radius 1 is 0.800 bits per heavy atom. The Morgan fingerprint density at radius 2 is 1.24 bits per heavy atom. The number of rotatable bonds is 3. The van der Waals surface area contributed by atoms with Gasteiger partial charge in [-0.2, -0.15) is 5.26 Å². The van der Waals surface area contributed by atoms with Crippen LogP contribution in [0.25, 0.3) is 0 Å². The second-order valence-corrected chi connectivity index (χ2v) is 5.70. The Morgan fingerprint density at radius 3 is 1.68 bits per heavy atom. The molecule has 25 heavy (non-hydrogen) atoms. The Hall–Kier alpha value is -3.26. The van der Waals surface area contributed by atoms with Crippen LogP contribution in [0.4, 0.5) is 0 Å². The van der Waals surface area contributed by atoms with E-state index in [1.54, 1.807) is 31.2 Å². The number of carboxylic acid groups (broad SMARTS) is 1. The van der Waals surface area contributed by atoms with Gasteiger partial charge in [-0.05, 0) is 75.2 Å². The lowest BCUT2D eigenvalue weighted by Gasteiger charge is -2.00. The maximum absolute atomic E-state index is 11.0. The second-order valence-electron chi connectivity index (χ2n) is 5.70. The number of aryl methyl sites for hydroxylation is 2. The van der Waals surface area contributed by atoms with Crippen LogP contribution in [0.5, 0.6) is 0 Å². The Balaban J connectivity index is 0.000000251. The van der Waals surface area contributed by atoms with Gasteiger partial charge in [0.1, 0.15) is 0 Å². The molecule has 2 aromatic rings. The topological polar surface area (TPSA) is 95.2 Å². The molecule has 0 bridgehead atoms. The SMILES string of the molecule is CC(=O)c1cc(C)cc(C#N)c1.CC(=O)c1cc(C)cc(C(=O)O)c1. The van der Waals surface area contributed by atoms with E-state index in [4.69, 9.17) is 10.4 Å². The van der Waals surface area contributed by atoms with Gasteiger partial charge >= 0.3 is 5.97 Å². The molecule has 0 radical (unpaired) electrons. The molecule has 0 aliphatic heterocycles. The monoisotopic (exact) mass is 337 g/mol. The standard InChI is InChI=1S/C10H9NO.C10H10O3/c1-7-3-9(6-11)5-10(4-7)8(2)12;1-6-3-8(7(2)11)5-9(4-6)10(12)13/h3-5H,1-2H3;3-5H,1-2H3,(H,12,13). The highest BCUT2D eigenvalue weighted by Crippen LogP contribution is 2.10. The molecule has 2 rings (SSSR count). The number of carbonyl (C=O) groups excluding carboxylic acids is 2. The molecule has 0 amide bonds. The molecule has 0 atom stereocenters. The van der Waals surface area contributed by atoms with Crippen LogP contribution in [0.1, 0.15) is 61.6 Å². The number of Topliss-reactive ketones (excluding diaryl/α,β-unsaturated/α-hetero) is 2. The second kappa shape index (κ2) is 8.55. The van der Waals surface area contributed by atoms with Gasteiger partial charge in [-0.25, -0.2) is 4.79 Å². The van der Waals surface area contributed by atoms with Gasteiger partial charge in [-0.15, -0.1) is 0 Å². The molecular formula is C20H19NO4. The van der Waals surface area contributed by atoms with E-state index in [1.807, 2.05) is 13.0 Å². The first-order chi connectivity index (χ1) is 11.6. The van der Waals surface area contributed by atoms with Crippen LogP contribution in [0.2, 0.25) is 0 Å². The Bertz CT molecular complexity index is 844. The summed E-state index contributed by atoms with van der Waals surface area (Å²) in [4.78, 5) is 32.6. The number of carboxylic acids is 1. The van der Waals surface area contributed by atoms with Crippen LogP contribution in [0.3, 0.4) is 0 Å². The highest BCUT2D eigenvalue weighted by Gasteiger charge is 2.07. The van der Waals surface area contributed by atoms with Crippen LogP contribution in [0, 0.1) is 25.2 Å². The van der Waals surface area contributed by atoms with Crippen molar-refractivity contribution >= 4 is 17.5 Å². The summed E-state index contributed by atoms with van der Waals surface area (Å²) >= 11 is 0. The van der Waals surface area contributed by atoms with Crippen LogP contribution in [0.15, 0.2) is 36.4 Å². The van der Waals surface area contributed by atoms with Gasteiger partial charge in [-0.3, -0.25) is 9.59 Å². The number of ketones is 2. The van der Waals surface area contributed by atoms with Crippen molar-refractivity contribution in [2.45, 2.75) is 27.7 Å². The van der Waals surface area contributed by atoms with Crippen molar-refractivity contribution < 1.29 is 19.5 Å². The lowest BCUT2D eigenvalue weighted by Crippen LogP contribution is -2.01. The van der Waals surface area contributed by atoms with Gasteiger partial charge in [0.15, 0.2) is 11.6 Å². The van der Waals surface area contributed by atoms with Crippen molar-refractivity contribution in [3.63, 3.8) is 0 Å². The highest BCUT2D eigenvalue weighted by molar-refractivity contribution is 5.97. The maximum atomic E-state index is 11.0. The molecule has 0 saturated heterocycles. The Kier molecular flexibility index (Phi) is 6.77. The first kappa shape index (κ1) is 19.8. The van der Waals surface area contributed by atoms with Crippen molar-refractivity contribution in [1.82, 2.24) is 0 Å². The van der Waals surface area contributed by atoms with Crippen molar-refractivity contribution in [2.24, 2.45) is 0 Å². The summed E-state index contributed by atoms with van der Waals surface area (Å²) in [5.74, 6) is -1.13. The van der Waals surface area contributed by atoms with E-state index in [0.717, 1.165) is 11.1 Å². The summed E-state index contributed by atoms with van der Waals surface area (Å²) in [6, 6.07) is 11.8. The number of hydrogen-bond acceptors (Lipinski definition) is 4. The van der Waals surface area contributed by atoms with Crippen molar-refractivity contribution in [1.29, 1.82) is 5.26 Å². The highest BCUT2D eigenvalue weighted by atomic mass is 16.4. The average molecular weight is 337 g/mol. The largest absolute Gasteiger partial charge is 0.478 e. The fourth-order valence-electron chi connectivity index (χ4n) is 2.16. The van der Waals surface area contributed by atoms with Crippen molar-refractivity contribution in [3.8, 4) is 6.07 Å². The van der Waals surface area contributed by atoms with Gasteiger partial charge in [0.25, 0.3) is 0 Å². The van der Waals surface area contributed by atoms with Crippen LogP contribution in [-0.2, 0) is 0 Å². The number of benzene rings is 2. The summed E-state index contributed by atoms with van der Waals surface area (Å²) in [6.45, 7) is 6.54. The molecule has 0 aromatic heterocycles. The number of aromatic carboxylic acids is 1. The van der Waals surface area contributed by atoms with E-state index in [0.29, 0.717) is 16.7 Å². The van der Waals surface area contributed by atoms with Crippen molar-refractivity contribution in [3.05, 3.63) is 69.8 Å². The third-order valence-electron chi connectivity index (χ3n) is 3.34. The minimum atomic E-state index is -1.01. The molecule has 5 nitrogen and oxygen atoms in total. The number of nitrogens with zero attached hydrogens (tertiary/aromatic N) is 1. The van der Waals surface area contributed by atoms with E-state index in [2.05, 4.69) is 0 Å². The zero-order valence-electron chi connectivity index (χ0n) is 14.6. The first-order valence-electron chi connectivity index (χ1n) is 7.52. The van der Waals surface area contributed by atoms with Gasteiger partial charge in [0.05, 0.1) is 17.2 Å². The smallest absolute Gasteiger partial charge is 0.335 e. The normalized spacial score (nSPS) is 9.40.